The second-order valence-corrected chi connectivity index (χ2v) is 6.21. The molecule has 0 aromatic carbocycles. The fraction of sp³-hybridized carbons (Fsp3) is 0.538. The largest absolute Gasteiger partial charge is 0.478 e. The molecule has 2 rings (SSSR count). The third kappa shape index (κ3) is 3.07. The summed E-state index contributed by atoms with van der Waals surface area (Å²) < 4.78 is 0. The van der Waals surface area contributed by atoms with E-state index in [-0.39, 0.29) is 17.0 Å². The first kappa shape index (κ1) is 13.9. The zero-order valence-corrected chi connectivity index (χ0v) is 11.8. The van der Waals surface area contributed by atoms with E-state index in [4.69, 9.17) is 5.11 Å². The highest BCUT2D eigenvalue weighted by Gasteiger charge is 2.45. The zero-order chi connectivity index (χ0) is 14.0. The molecule has 1 aliphatic rings. The van der Waals surface area contributed by atoms with Gasteiger partial charge in [0.15, 0.2) is 0 Å². The number of anilines is 1. The van der Waals surface area contributed by atoms with Gasteiger partial charge in [-0.2, -0.15) is 0 Å². The van der Waals surface area contributed by atoms with Crippen molar-refractivity contribution < 1.29 is 14.7 Å². The molecule has 1 saturated carbocycles. The van der Waals surface area contributed by atoms with Crippen molar-refractivity contribution in [1.29, 1.82) is 0 Å². The topological polar surface area (TPSA) is 78.4 Å². The van der Waals surface area contributed by atoms with E-state index in [9.17, 15) is 9.59 Å². The first-order valence-corrected chi connectivity index (χ1v) is 7.18. The maximum atomic E-state index is 11.8. The first-order valence-electron chi connectivity index (χ1n) is 6.30. The van der Waals surface area contributed by atoms with Crippen LogP contribution in [-0.4, -0.2) is 23.7 Å². The highest BCUT2D eigenvalue weighted by molar-refractivity contribution is 7.14. The predicted octanol–water partition coefficient (Wildman–Crippen LogP) is 3.00. The number of amides is 2. The Kier molecular flexibility index (Phi) is 3.80. The minimum absolute atomic E-state index is 0.130. The molecule has 3 N–H and O–H groups in total. The molecule has 1 fully saturated rings. The standard InChI is InChI=1S/C13H18N2O3S/c1-8(2)13(4-5-13)7-14-12(18)15-10-9(11(16)17)3-6-19-10/h3,6,8H,4-5,7H2,1-2H3,(H,16,17)(H2,14,15,18). The van der Waals surface area contributed by atoms with Crippen LogP contribution in [0.4, 0.5) is 9.80 Å². The smallest absolute Gasteiger partial charge is 0.338 e. The molecular weight excluding hydrogens is 264 g/mol. The van der Waals surface area contributed by atoms with Gasteiger partial charge in [-0.3, -0.25) is 5.32 Å². The number of thiophene rings is 1. The first-order chi connectivity index (χ1) is 8.94. The van der Waals surface area contributed by atoms with Crippen molar-refractivity contribution in [1.82, 2.24) is 5.32 Å². The van der Waals surface area contributed by atoms with Crippen molar-refractivity contribution in [2.75, 3.05) is 11.9 Å². The molecule has 1 aliphatic carbocycles. The monoisotopic (exact) mass is 282 g/mol. The van der Waals surface area contributed by atoms with E-state index in [0.717, 1.165) is 12.8 Å². The summed E-state index contributed by atoms with van der Waals surface area (Å²) in [7, 11) is 0. The highest BCUT2D eigenvalue weighted by atomic mass is 32.1. The van der Waals surface area contributed by atoms with Gasteiger partial charge in [0, 0.05) is 6.54 Å². The van der Waals surface area contributed by atoms with Crippen LogP contribution in [0, 0.1) is 11.3 Å². The van der Waals surface area contributed by atoms with Crippen molar-refractivity contribution in [3.63, 3.8) is 0 Å². The molecule has 0 radical (unpaired) electrons. The van der Waals surface area contributed by atoms with Crippen LogP contribution in [0.5, 0.6) is 0 Å². The number of hydrogen-bond acceptors (Lipinski definition) is 3. The van der Waals surface area contributed by atoms with Gasteiger partial charge in [0.2, 0.25) is 0 Å². The number of carboxylic acids is 1. The Morgan fingerprint density at radius 1 is 1.47 bits per heavy atom. The fourth-order valence-electron chi connectivity index (χ4n) is 2.10. The van der Waals surface area contributed by atoms with Crippen molar-refractivity contribution >= 4 is 28.3 Å². The molecule has 6 heteroatoms. The maximum absolute atomic E-state index is 11.8. The number of nitrogens with one attached hydrogen (secondary N) is 2. The Morgan fingerprint density at radius 3 is 2.68 bits per heavy atom. The van der Waals surface area contributed by atoms with Crippen LogP contribution < -0.4 is 10.6 Å². The molecule has 1 heterocycles. The third-order valence-corrected chi connectivity index (χ3v) is 4.67. The van der Waals surface area contributed by atoms with Gasteiger partial charge in [0.05, 0.1) is 5.56 Å². The van der Waals surface area contributed by atoms with Crippen molar-refractivity contribution in [3.05, 3.63) is 17.0 Å². The van der Waals surface area contributed by atoms with E-state index in [1.165, 1.54) is 17.4 Å². The lowest BCUT2D eigenvalue weighted by Crippen LogP contribution is -2.35. The SMILES string of the molecule is CC(C)C1(CNC(=O)Nc2sccc2C(=O)O)CC1. The molecule has 0 bridgehead atoms. The number of carbonyl (C=O) groups excluding carboxylic acids is 1. The van der Waals surface area contributed by atoms with Crippen LogP contribution in [-0.2, 0) is 0 Å². The lowest BCUT2D eigenvalue weighted by Gasteiger charge is -2.20. The number of carboxylic acid groups (broad SMARTS) is 1. The maximum Gasteiger partial charge on any atom is 0.338 e. The van der Waals surface area contributed by atoms with Gasteiger partial charge in [-0.25, -0.2) is 9.59 Å². The molecule has 0 unspecified atom stereocenters. The average Bonchev–Trinajstić information content (AvgIpc) is 3.00. The average molecular weight is 282 g/mol. The van der Waals surface area contributed by atoms with E-state index in [1.54, 1.807) is 5.38 Å². The number of rotatable bonds is 5. The van der Waals surface area contributed by atoms with Gasteiger partial charge >= 0.3 is 12.0 Å². The molecule has 1 aromatic heterocycles. The van der Waals surface area contributed by atoms with E-state index >= 15 is 0 Å². The number of urea groups is 1. The van der Waals surface area contributed by atoms with E-state index in [2.05, 4.69) is 24.5 Å². The summed E-state index contributed by atoms with van der Waals surface area (Å²) in [5, 5.41) is 16.4. The van der Waals surface area contributed by atoms with Crippen molar-refractivity contribution in [3.8, 4) is 0 Å². The summed E-state index contributed by atoms with van der Waals surface area (Å²) in [4.78, 5) is 22.7. The second kappa shape index (κ2) is 5.21. The molecule has 1 aromatic rings. The van der Waals surface area contributed by atoms with Gasteiger partial charge in [-0.15, -0.1) is 11.3 Å². The Morgan fingerprint density at radius 2 is 2.16 bits per heavy atom. The van der Waals surface area contributed by atoms with Gasteiger partial charge in [-0.1, -0.05) is 13.8 Å². The summed E-state index contributed by atoms with van der Waals surface area (Å²) in [6.07, 6.45) is 2.29. The van der Waals surface area contributed by atoms with Crippen LogP contribution in [0.25, 0.3) is 0 Å². The lowest BCUT2D eigenvalue weighted by atomic mass is 9.92. The molecule has 5 nitrogen and oxygen atoms in total. The minimum atomic E-state index is -1.03. The fourth-order valence-corrected chi connectivity index (χ4v) is 2.87. The minimum Gasteiger partial charge on any atom is -0.478 e. The summed E-state index contributed by atoms with van der Waals surface area (Å²) >= 11 is 1.21. The Labute approximate surface area is 116 Å². The van der Waals surface area contributed by atoms with Gasteiger partial charge in [0.25, 0.3) is 0 Å². The van der Waals surface area contributed by atoms with Crippen LogP contribution in [0.15, 0.2) is 11.4 Å². The number of hydrogen-bond donors (Lipinski definition) is 3. The van der Waals surface area contributed by atoms with Crippen LogP contribution in [0.1, 0.15) is 37.0 Å². The van der Waals surface area contributed by atoms with Crippen LogP contribution in [0.3, 0.4) is 0 Å². The molecule has 104 valence electrons. The normalized spacial score (nSPS) is 16.2. The second-order valence-electron chi connectivity index (χ2n) is 5.29. The van der Waals surface area contributed by atoms with E-state index in [1.807, 2.05) is 0 Å². The van der Waals surface area contributed by atoms with E-state index in [0.29, 0.717) is 17.5 Å². The van der Waals surface area contributed by atoms with Gasteiger partial charge < -0.3 is 10.4 Å². The lowest BCUT2D eigenvalue weighted by molar-refractivity contribution is 0.0698. The van der Waals surface area contributed by atoms with Crippen molar-refractivity contribution in [2.45, 2.75) is 26.7 Å². The van der Waals surface area contributed by atoms with E-state index < -0.39 is 5.97 Å². The summed E-state index contributed by atoms with van der Waals surface area (Å²) in [6.45, 7) is 4.97. The van der Waals surface area contributed by atoms with Crippen LogP contribution >= 0.6 is 11.3 Å². The third-order valence-electron chi connectivity index (χ3n) is 3.84. The molecule has 0 atom stereocenters. The van der Waals surface area contributed by atoms with Crippen molar-refractivity contribution in [2.24, 2.45) is 11.3 Å². The Hall–Kier alpha value is -1.56. The molecule has 0 saturated heterocycles. The Balaban J connectivity index is 1.88. The quantitative estimate of drug-likeness (QED) is 0.776. The summed E-state index contributed by atoms with van der Waals surface area (Å²) in [5.41, 5.74) is 0.368. The zero-order valence-electron chi connectivity index (χ0n) is 11.0. The number of aromatic carboxylic acids is 1. The van der Waals surface area contributed by atoms with Gasteiger partial charge in [-0.05, 0) is 35.6 Å². The summed E-state index contributed by atoms with van der Waals surface area (Å²) in [5.74, 6) is -0.485. The Bertz CT molecular complexity index is 492. The predicted molar refractivity (Wildman–Crippen MR) is 74.8 cm³/mol. The molecule has 2 amide bonds. The molecular formula is C13H18N2O3S. The molecule has 0 aliphatic heterocycles. The summed E-state index contributed by atoms with van der Waals surface area (Å²) in [6, 6.07) is 1.15. The molecule has 19 heavy (non-hydrogen) atoms. The highest BCUT2D eigenvalue weighted by Crippen LogP contribution is 2.51. The van der Waals surface area contributed by atoms with Crippen LogP contribution in [0.2, 0.25) is 0 Å². The number of carbonyl (C=O) groups is 2. The van der Waals surface area contributed by atoms with Gasteiger partial charge in [0.1, 0.15) is 5.00 Å². The molecule has 0 spiro atoms.